The van der Waals surface area contributed by atoms with Gasteiger partial charge in [-0.15, -0.1) is 0 Å². The van der Waals surface area contributed by atoms with Gasteiger partial charge in [0.25, 0.3) is 0 Å². The van der Waals surface area contributed by atoms with Crippen LogP contribution in [0.15, 0.2) is 29.4 Å². The van der Waals surface area contributed by atoms with Gasteiger partial charge in [0.2, 0.25) is 0 Å². The summed E-state index contributed by atoms with van der Waals surface area (Å²) in [5.41, 5.74) is 3.49. The highest BCUT2D eigenvalue weighted by Gasteiger charge is 2.59. The van der Waals surface area contributed by atoms with Crippen molar-refractivity contribution in [1.29, 1.82) is 5.26 Å². The average Bonchev–Trinajstić information content (AvgIpc) is 3.01. The molecule has 4 rings (SSSR count). The zero-order chi connectivity index (χ0) is 14.4. The molecule has 3 aliphatic rings. The molecule has 4 heteroatoms. The predicted octanol–water partition coefficient (Wildman–Crippen LogP) is 3.24. The van der Waals surface area contributed by atoms with Gasteiger partial charge in [-0.3, -0.25) is 0 Å². The molecule has 1 aliphatic carbocycles. The molecule has 2 aliphatic heterocycles. The first-order valence-electron chi connectivity index (χ1n) is 7.87. The first-order chi connectivity index (χ1) is 10.3. The lowest BCUT2D eigenvalue weighted by Gasteiger charge is -2.40. The smallest absolute Gasteiger partial charge is 0.0979 e. The van der Waals surface area contributed by atoms with Crippen molar-refractivity contribution >= 4 is 11.4 Å². The third kappa shape index (κ3) is 1.67. The molecular weight excluding hydrogens is 260 g/mol. The van der Waals surface area contributed by atoms with Crippen molar-refractivity contribution in [3.63, 3.8) is 0 Å². The van der Waals surface area contributed by atoms with Gasteiger partial charge in [0.1, 0.15) is 0 Å². The molecule has 0 N–H and O–H groups in total. The van der Waals surface area contributed by atoms with Gasteiger partial charge in [-0.05, 0) is 44.7 Å². The zero-order valence-electron chi connectivity index (χ0n) is 12.4. The standard InChI is InChI=1S/C17H20N4/c1-13-5-7-15(8-6-13)21-19-16-4-2-3-10-17(16)14(12-18)9-11-20(17)21/h5-8,14H,2-4,9-11H2,1H3/t14-,17-/m0/s1. The molecule has 2 atom stereocenters. The average molecular weight is 280 g/mol. The molecule has 1 aromatic rings. The molecule has 0 radical (unpaired) electrons. The van der Waals surface area contributed by atoms with Gasteiger partial charge < -0.3 is 0 Å². The van der Waals surface area contributed by atoms with Crippen LogP contribution in [-0.4, -0.2) is 22.8 Å². The summed E-state index contributed by atoms with van der Waals surface area (Å²) in [5.74, 6) is 0.0898. The highest BCUT2D eigenvalue weighted by Crippen LogP contribution is 2.49. The van der Waals surface area contributed by atoms with E-state index in [1.54, 1.807) is 0 Å². The third-order valence-corrected chi connectivity index (χ3v) is 5.25. The fourth-order valence-corrected chi connectivity index (χ4v) is 4.19. The van der Waals surface area contributed by atoms with Gasteiger partial charge in [0, 0.05) is 6.54 Å². The number of rotatable bonds is 1. The van der Waals surface area contributed by atoms with E-state index in [0.29, 0.717) is 0 Å². The normalized spacial score (nSPS) is 31.5. The van der Waals surface area contributed by atoms with E-state index in [9.17, 15) is 5.26 Å². The van der Waals surface area contributed by atoms with E-state index < -0.39 is 0 Å². The summed E-state index contributed by atoms with van der Waals surface area (Å²) in [6.07, 6.45) is 5.48. The van der Waals surface area contributed by atoms with Crippen LogP contribution in [0.25, 0.3) is 0 Å². The SMILES string of the molecule is Cc1ccc(N2N=C3CCCC[C@]34[C@H](C#N)CCN24)cc1. The number of nitrogens with zero attached hydrogens (tertiary/aromatic N) is 4. The van der Waals surface area contributed by atoms with Crippen LogP contribution in [0.1, 0.15) is 37.7 Å². The lowest BCUT2D eigenvalue weighted by atomic mass is 9.73. The van der Waals surface area contributed by atoms with Crippen LogP contribution >= 0.6 is 0 Å². The van der Waals surface area contributed by atoms with Crippen LogP contribution < -0.4 is 5.12 Å². The highest BCUT2D eigenvalue weighted by molar-refractivity contribution is 5.98. The Bertz CT molecular complexity index is 627. The van der Waals surface area contributed by atoms with Gasteiger partial charge in [0.05, 0.1) is 28.9 Å². The summed E-state index contributed by atoms with van der Waals surface area (Å²) in [6, 6.07) is 11.1. The Morgan fingerprint density at radius 1 is 1.29 bits per heavy atom. The van der Waals surface area contributed by atoms with Gasteiger partial charge in [-0.1, -0.05) is 24.1 Å². The molecule has 0 aromatic heterocycles. The topological polar surface area (TPSA) is 42.6 Å². The summed E-state index contributed by atoms with van der Waals surface area (Å²) in [4.78, 5) is 0. The van der Waals surface area contributed by atoms with E-state index in [1.807, 2.05) is 0 Å². The van der Waals surface area contributed by atoms with Crippen LogP contribution in [0.2, 0.25) is 0 Å². The molecule has 2 heterocycles. The molecule has 0 unspecified atom stereocenters. The van der Waals surface area contributed by atoms with Crippen LogP contribution in [0, 0.1) is 24.2 Å². The monoisotopic (exact) mass is 280 g/mol. The fourth-order valence-electron chi connectivity index (χ4n) is 4.19. The Morgan fingerprint density at radius 2 is 2.10 bits per heavy atom. The third-order valence-electron chi connectivity index (χ3n) is 5.25. The van der Waals surface area contributed by atoms with Crippen LogP contribution in [0.4, 0.5) is 5.69 Å². The molecule has 1 spiro atoms. The van der Waals surface area contributed by atoms with Crippen molar-refractivity contribution in [3.05, 3.63) is 29.8 Å². The molecule has 21 heavy (non-hydrogen) atoms. The number of hydrogen-bond acceptors (Lipinski definition) is 4. The largest absolute Gasteiger partial charge is 0.198 e. The number of hydrogen-bond donors (Lipinski definition) is 0. The second kappa shape index (κ2) is 4.57. The second-order valence-corrected chi connectivity index (χ2v) is 6.40. The first-order valence-corrected chi connectivity index (χ1v) is 7.87. The summed E-state index contributed by atoms with van der Waals surface area (Å²) >= 11 is 0. The minimum atomic E-state index is -0.113. The molecular formula is C17H20N4. The maximum absolute atomic E-state index is 9.59. The summed E-state index contributed by atoms with van der Waals surface area (Å²) in [6.45, 7) is 3.03. The van der Waals surface area contributed by atoms with E-state index in [-0.39, 0.29) is 11.5 Å². The fraction of sp³-hybridized carbons (Fsp3) is 0.529. The molecule has 2 fully saturated rings. The lowest BCUT2D eigenvalue weighted by Crippen LogP contribution is -2.54. The number of aryl methyl sites for hydroxylation is 1. The minimum Gasteiger partial charge on any atom is -0.198 e. The van der Waals surface area contributed by atoms with Gasteiger partial charge in [0.15, 0.2) is 0 Å². The van der Waals surface area contributed by atoms with Crippen molar-refractivity contribution in [2.75, 3.05) is 11.7 Å². The Hall–Kier alpha value is -1.86. The quantitative estimate of drug-likeness (QED) is 0.793. The first kappa shape index (κ1) is 12.8. The Labute approximate surface area is 125 Å². The number of benzene rings is 1. The minimum absolute atomic E-state index is 0.0898. The molecule has 0 bridgehead atoms. The number of hydrazone groups is 1. The molecule has 4 nitrogen and oxygen atoms in total. The van der Waals surface area contributed by atoms with Crippen LogP contribution in [0.3, 0.4) is 0 Å². The van der Waals surface area contributed by atoms with Gasteiger partial charge in [-0.2, -0.15) is 20.5 Å². The van der Waals surface area contributed by atoms with Crippen molar-refractivity contribution < 1.29 is 0 Å². The Balaban J connectivity index is 1.77. The van der Waals surface area contributed by atoms with Gasteiger partial charge >= 0.3 is 0 Å². The van der Waals surface area contributed by atoms with Crippen LogP contribution in [0.5, 0.6) is 0 Å². The molecule has 108 valence electrons. The predicted molar refractivity (Wildman–Crippen MR) is 82.7 cm³/mol. The van der Waals surface area contributed by atoms with Crippen LogP contribution in [-0.2, 0) is 0 Å². The summed E-state index contributed by atoms with van der Waals surface area (Å²) in [5, 5.41) is 18.9. The van der Waals surface area contributed by atoms with E-state index in [1.165, 1.54) is 24.1 Å². The zero-order valence-corrected chi connectivity index (χ0v) is 12.4. The van der Waals surface area contributed by atoms with Crippen molar-refractivity contribution in [2.45, 2.75) is 44.6 Å². The maximum atomic E-state index is 9.59. The van der Waals surface area contributed by atoms with Crippen molar-refractivity contribution in [2.24, 2.45) is 11.0 Å². The van der Waals surface area contributed by atoms with E-state index in [2.05, 4.69) is 47.4 Å². The molecule has 1 saturated carbocycles. The molecule has 0 amide bonds. The van der Waals surface area contributed by atoms with Gasteiger partial charge in [-0.25, -0.2) is 0 Å². The van der Waals surface area contributed by atoms with E-state index in [4.69, 9.17) is 5.10 Å². The van der Waals surface area contributed by atoms with Crippen molar-refractivity contribution in [1.82, 2.24) is 5.01 Å². The number of hydrazine groups is 1. The Morgan fingerprint density at radius 3 is 2.86 bits per heavy atom. The van der Waals surface area contributed by atoms with E-state index >= 15 is 0 Å². The number of anilines is 1. The van der Waals surface area contributed by atoms with E-state index in [0.717, 1.165) is 31.5 Å². The second-order valence-electron chi connectivity index (χ2n) is 6.40. The number of nitriles is 1. The Kier molecular flexibility index (Phi) is 2.80. The summed E-state index contributed by atoms with van der Waals surface area (Å²) < 4.78 is 0. The molecule has 1 aromatic carbocycles. The lowest BCUT2D eigenvalue weighted by molar-refractivity contribution is 0.170. The maximum Gasteiger partial charge on any atom is 0.0979 e. The van der Waals surface area contributed by atoms with Crippen molar-refractivity contribution in [3.8, 4) is 6.07 Å². The summed E-state index contributed by atoms with van der Waals surface area (Å²) in [7, 11) is 0. The molecule has 1 saturated heterocycles. The highest BCUT2D eigenvalue weighted by atomic mass is 15.8.